The van der Waals surface area contributed by atoms with Crippen LogP contribution in [-0.4, -0.2) is 34.6 Å². The molecule has 3 rings (SSSR count). The molecule has 6 heteroatoms. The molecule has 0 aliphatic carbocycles. The van der Waals surface area contributed by atoms with E-state index in [0.717, 1.165) is 16.9 Å². The van der Waals surface area contributed by atoms with E-state index in [-0.39, 0.29) is 30.2 Å². The number of thioether (sulfide) groups is 1. The van der Waals surface area contributed by atoms with E-state index in [1.165, 1.54) is 11.1 Å². The smallest absolute Gasteiger partial charge is 0.243 e. The maximum atomic E-state index is 13.6. The van der Waals surface area contributed by atoms with Gasteiger partial charge in [-0.2, -0.15) is 0 Å². The van der Waals surface area contributed by atoms with Crippen LogP contribution in [0, 0.1) is 6.92 Å². The predicted molar refractivity (Wildman–Crippen MR) is 147 cm³/mol. The molecule has 0 radical (unpaired) electrons. The van der Waals surface area contributed by atoms with Crippen LogP contribution >= 0.6 is 23.4 Å². The van der Waals surface area contributed by atoms with Crippen LogP contribution in [0.4, 0.5) is 0 Å². The summed E-state index contributed by atoms with van der Waals surface area (Å²) in [5.74, 6) is 0.773. The van der Waals surface area contributed by atoms with Crippen molar-refractivity contribution in [3.63, 3.8) is 0 Å². The summed E-state index contributed by atoms with van der Waals surface area (Å²) in [5, 5.41) is 3.60. The number of halogens is 1. The summed E-state index contributed by atoms with van der Waals surface area (Å²) in [6.07, 6.45) is 0.429. The molecule has 0 fully saturated rings. The topological polar surface area (TPSA) is 49.4 Å². The van der Waals surface area contributed by atoms with Gasteiger partial charge in [0.1, 0.15) is 6.04 Å². The zero-order valence-electron chi connectivity index (χ0n) is 20.5. The first-order chi connectivity index (χ1) is 16.8. The highest BCUT2D eigenvalue weighted by molar-refractivity contribution is 7.99. The summed E-state index contributed by atoms with van der Waals surface area (Å²) in [7, 11) is 0. The number of nitrogens with zero attached hydrogens (tertiary/aromatic N) is 1. The SMILES string of the molecule is Cc1ccccc1CSCC(=O)N(Cc1ccccc1Cl)[C@H](Cc1ccccc1)C(=O)NC(C)C. The average molecular weight is 509 g/mol. The Kier molecular flexibility index (Phi) is 10.2. The van der Waals surface area contributed by atoms with Crippen molar-refractivity contribution < 1.29 is 9.59 Å². The van der Waals surface area contributed by atoms with E-state index in [0.29, 0.717) is 11.4 Å². The second-order valence-electron chi connectivity index (χ2n) is 8.90. The molecule has 184 valence electrons. The van der Waals surface area contributed by atoms with E-state index >= 15 is 0 Å². The van der Waals surface area contributed by atoms with Gasteiger partial charge < -0.3 is 10.2 Å². The molecule has 35 heavy (non-hydrogen) atoms. The molecular formula is C29H33ClN2O2S. The van der Waals surface area contributed by atoms with E-state index < -0.39 is 6.04 Å². The van der Waals surface area contributed by atoms with Crippen LogP contribution in [0.5, 0.6) is 0 Å². The molecule has 0 aromatic heterocycles. The lowest BCUT2D eigenvalue weighted by Crippen LogP contribution is -2.52. The summed E-state index contributed by atoms with van der Waals surface area (Å²) in [6.45, 7) is 6.20. The van der Waals surface area contributed by atoms with Crippen molar-refractivity contribution in [3.05, 3.63) is 106 Å². The number of nitrogens with one attached hydrogen (secondary N) is 1. The van der Waals surface area contributed by atoms with Crippen molar-refractivity contribution in [2.75, 3.05) is 5.75 Å². The monoisotopic (exact) mass is 508 g/mol. The fraction of sp³-hybridized carbons (Fsp3) is 0.310. The highest BCUT2D eigenvalue weighted by atomic mass is 35.5. The molecule has 0 saturated carbocycles. The summed E-state index contributed by atoms with van der Waals surface area (Å²) >= 11 is 8.02. The lowest BCUT2D eigenvalue weighted by molar-refractivity contribution is -0.139. The first kappa shape index (κ1) is 26.8. The van der Waals surface area contributed by atoms with E-state index in [1.54, 1.807) is 16.7 Å². The van der Waals surface area contributed by atoms with Crippen molar-refractivity contribution >= 4 is 35.2 Å². The van der Waals surface area contributed by atoms with Crippen molar-refractivity contribution in [2.24, 2.45) is 0 Å². The van der Waals surface area contributed by atoms with Gasteiger partial charge in [0.25, 0.3) is 0 Å². The van der Waals surface area contributed by atoms with E-state index in [9.17, 15) is 9.59 Å². The Hall–Kier alpha value is -2.76. The van der Waals surface area contributed by atoms with Gasteiger partial charge in [-0.1, -0.05) is 84.4 Å². The average Bonchev–Trinajstić information content (AvgIpc) is 2.83. The lowest BCUT2D eigenvalue weighted by atomic mass is 10.0. The maximum absolute atomic E-state index is 13.6. The predicted octanol–water partition coefficient (Wildman–Crippen LogP) is 6.05. The largest absolute Gasteiger partial charge is 0.352 e. The molecule has 1 atom stereocenters. The molecule has 0 saturated heterocycles. The minimum absolute atomic E-state index is 0.0338. The zero-order chi connectivity index (χ0) is 25.2. The van der Waals surface area contributed by atoms with Gasteiger partial charge in [-0.3, -0.25) is 9.59 Å². The third-order valence-electron chi connectivity index (χ3n) is 5.74. The van der Waals surface area contributed by atoms with Gasteiger partial charge in [-0.05, 0) is 49.1 Å². The minimum Gasteiger partial charge on any atom is -0.352 e. The van der Waals surface area contributed by atoms with E-state index in [2.05, 4.69) is 24.4 Å². The molecular weight excluding hydrogens is 476 g/mol. The van der Waals surface area contributed by atoms with Crippen molar-refractivity contribution in [2.45, 2.75) is 51.6 Å². The fourth-order valence-electron chi connectivity index (χ4n) is 3.85. The van der Waals surface area contributed by atoms with Crippen LogP contribution in [0.25, 0.3) is 0 Å². The van der Waals surface area contributed by atoms with Crippen LogP contribution in [-0.2, 0) is 28.3 Å². The summed E-state index contributed by atoms with van der Waals surface area (Å²) in [5.41, 5.74) is 4.24. The van der Waals surface area contributed by atoms with Gasteiger partial charge in [0.15, 0.2) is 0 Å². The third kappa shape index (κ3) is 8.15. The molecule has 0 aliphatic heterocycles. The summed E-state index contributed by atoms with van der Waals surface area (Å²) in [4.78, 5) is 28.7. The number of aryl methyl sites for hydroxylation is 1. The standard InChI is InChI=1S/C29H33ClN2O2S/c1-21(2)31-29(34)27(17-23-12-5-4-6-13-23)32(18-24-14-9-10-16-26(24)30)28(33)20-35-19-25-15-8-7-11-22(25)3/h4-16,21,27H,17-20H2,1-3H3,(H,31,34)/t27-/m1/s1. The Balaban J connectivity index is 1.86. The van der Waals surface area contributed by atoms with E-state index in [1.807, 2.05) is 80.6 Å². The second-order valence-corrected chi connectivity index (χ2v) is 10.3. The second kappa shape index (κ2) is 13.4. The van der Waals surface area contributed by atoms with E-state index in [4.69, 9.17) is 11.6 Å². The number of benzene rings is 3. The first-order valence-electron chi connectivity index (χ1n) is 11.8. The lowest BCUT2D eigenvalue weighted by Gasteiger charge is -2.32. The van der Waals surface area contributed by atoms with Crippen molar-refractivity contribution in [1.82, 2.24) is 10.2 Å². The maximum Gasteiger partial charge on any atom is 0.243 e. The Labute approximate surface area is 218 Å². The van der Waals surface area contributed by atoms with Crippen LogP contribution in [0.2, 0.25) is 5.02 Å². The number of amides is 2. The number of hydrogen-bond acceptors (Lipinski definition) is 3. The highest BCUT2D eigenvalue weighted by Gasteiger charge is 2.31. The van der Waals surface area contributed by atoms with Crippen molar-refractivity contribution in [3.8, 4) is 0 Å². The molecule has 4 nitrogen and oxygen atoms in total. The van der Waals surface area contributed by atoms with Gasteiger partial charge in [0.05, 0.1) is 5.75 Å². The number of carbonyl (C=O) groups is 2. The normalized spacial score (nSPS) is 11.8. The Morgan fingerprint density at radius 2 is 1.54 bits per heavy atom. The number of rotatable bonds is 11. The molecule has 2 amide bonds. The van der Waals surface area contributed by atoms with Crippen LogP contribution in [0.1, 0.15) is 36.1 Å². The third-order valence-corrected chi connectivity index (χ3v) is 7.08. The quantitative estimate of drug-likeness (QED) is 0.343. The van der Waals surface area contributed by atoms with Gasteiger partial charge in [0.2, 0.25) is 11.8 Å². The molecule has 1 N–H and O–H groups in total. The summed E-state index contributed by atoms with van der Waals surface area (Å²) in [6, 6.07) is 24.8. The van der Waals surface area contributed by atoms with Gasteiger partial charge in [-0.25, -0.2) is 0 Å². The minimum atomic E-state index is -0.650. The van der Waals surface area contributed by atoms with Gasteiger partial charge in [-0.15, -0.1) is 11.8 Å². The summed E-state index contributed by atoms with van der Waals surface area (Å²) < 4.78 is 0. The Morgan fingerprint density at radius 1 is 0.914 bits per heavy atom. The molecule has 0 bridgehead atoms. The number of hydrogen-bond donors (Lipinski definition) is 1. The molecule has 3 aromatic rings. The zero-order valence-corrected chi connectivity index (χ0v) is 22.1. The molecule has 0 unspecified atom stereocenters. The van der Waals surface area contributed by atoms with Crippen LogP contribution < -0.4 is 5.32 Å². The highest BCUT2D eigenvalue weighted by Crippen LogP contribution is 2.22. The van der Waals surface area contributed by atoms with Gasteiger partial charge >= 0.3 is 0 Å². The first-order valence-corrected chi connectivity index (χ1v) is 13.4. The van der Waals surface area contributed by atoms with Gasteiger partial charge in [0, 0.05) is 29.8 Å². The molecule has 0 aliphatic rings. The van der Waals surface area contributed by atoms with Crippen LogP contribution in [0.3, 0.4) is 0 Å². The van der Waals surface area contributed by atoms with Crippen molar-refractivity contribution in [1.29, 1.82) is 0 Å². The van der Waals surface area contributed by atoms with Crippen LogP contribution in [0.15, 0.2) is 78.9 Å². The Morgan fingerprint density at radius 3 is 2.20 bits per heavy atom. The molecule has 0 heterocycles. The Bertz CT molecular complexity index is 1120. The molecule has 3 aromatic carbocycles. The number of carbonyl (C=O) groups excluding carboxylic acids is 2. The molecule has 0 spiro atoms. The fourth-order valence-corrected chi connectivity index (χ4v) is 5.03.